The van der Waals surface area contributed by atoms with E-state index in [0.29, 0.717) is 11.8 Å². The maximum Gasteiger partial charge on any atom is 0.163 e. The van der Waals surface area contributed by atoms with Gasteiger partial charge in [-0.1, -0.05) is 97.1 Å². The topological polar surface area (TPSA) is 51.6 Å². The molecule has 42 heavy (non-hydrogen) atoms. The highest BCUT2D eigenvalue weighted by Crippen LogP contribution is 2.42. The Kier molecular flexibility index (Phi) is 6.18. The quantitative estimate of drug-likeness (QED) is 0.222. The van der Waals surface area contributed by atoms with Crippen molar-refractivity contribution in [2.45, 2.75) is 37.5 Å². The standard InChI is InChI=1S/C38H30N4/c1-3-9-30-23-32(20-14-25(30)7-1)37-40-36(41-38(42-37)33-21-15-26-8-2-4-10-31(26)24-33)29-18-16-27(17-19-29)34-13-5-11-28-12-6-22-39-35(28)34/h1-15,20-24,27,29H,16-19H2. The molecule has 0 bridgehead atoms. The molecule has 1 saturated carbocycles. The molecule has 0 N–H and O–H groups in total. The van der Waals surface area contributed by atoms with Crippen molar-refractivity contribution in [3.8, 4) is 22.8 Å². The van der Waals surface area contributed by atoms with Gasteiger partial charge in [0.05, 0.1) is 5.52 Å². The molecular weight excluding hydrogens is 512 g/mol. The summed E-state index contributed by atoms with van der Waals surface area (Å²) in [5.74, 6) is 3.20. The van der Waals surface area contributed by atoms with Gasteiger partial charge in [0.1, 0.15) is 5.82 Å². The van der Waals surface area contributed by atoms with E-state index in [4.69, 9.17) is 19.9 Å². The molecule has 4 nitrogen and oxygen atoms in total. The molecule has 1 aliphatic carbocycles. The van der Waals surface area contributed by atoms with E-state index in [-0.39, 0.29) is 0 Å². The lowest BCUT2D eigenvalue weighted by atomic mass is 9.78. The predicted octanol–water partition coefficient (Wildman–Crippen LogP) is 9.50. The molecule has 202 valence electrons. The number of pyridine rings is 1. The highest BCUT2D eigenvalue weighted by Gasteiger charge is 2.27. The fraction of sp³-hybridized carbons (Fsp3) is 0.158. The molecule has 2 heterocycles. The number of para-hydroxylation sites is 1. The van der Waals surface area contributed by atoms with Gasteiger partial charge in [0.2, 0.25) is 0 Å². The van der Waals surface area contributed by atoms with E-state index in [2.05, 4.69) is 109 Å². The van der Waals surface area contributed by atoms with Crippen LogP contribution in [0.4, 0.5) is 0 Å². The van der Waals surface area contributed by atoms with Gasteiger partial charge in [0.25, 0.3) is 0 Å². The lowest BCUT2D eigenvalue weighted by Gasteiger charge is -2.28. The van der Waals surface area contributed by atoms with E-state index in [0.717, 1.165) is 59.8 Å². The monoisotopic (exact) mass is 542 g/mol. The second-order valence-electron chi connectivity index (χ2n) is 11.4. The first-order valence-corrected chi connectivity index (χ1v) is 14.9. The van der Waals surface area contributed by atoms with Crippen LogP contribution in [-0.2, 0) is 0 Å². The predicted molar refractivity (Wildman–Crippen MR) is 171 cm³/mol. The number of aromatic nitrogens is 4. The minimum Gasteiger partial charge on any atom is -0.256 e. The average molecular weight is 543 g/mol. The molecule has 4 heteroatoms. The van der Waals surface area contributed by atoms with Crippen LogP contribution < -0.4 is 0 Å². The molecule has 0 saturated heterocycles. The molecule has 1 aliphatic rings. The highest BCUT2D eigenvalue weighted by molar-refractivity contribution is 5.88. The Morgan fingerprint density at radius 2 is 1.00 bits per heavy atom. The molecule has 0 spiro atoms. The first-order chi connectivity index (χ1) is 20.8. The number of hydrogen-bond acceptors (Lipinski definition) is 4. The number of rotatable bonds is 4. The maximum absolute atomic E-state index is 5.14. The van der Waals surface area contributed by atoms with Crippen LogP contribution in [0.3, 0.4) is 0 Å². The van der Waals surface area contributed by atoms with Gasteiger partial charge < -0.3 is 0 Å². The van der Waals surface area contributed by atoms with Crippen molar-refractivity contribution in [2.24, 2.45) is 0 Å². The SMILES string of the molecule is c1ccc2cc(-c3nc(-c4ccc5ccccc5c4)nc(C4CCC(c5cccc6cccnc56)CC4)n3)ccc2c1. The molecule has 2 aromatic heterocycles. The van der Waals surface area contributed by atoms with Crippen LogP contribution in [0.15, 0.2) is 121 Å². The van der Waals surface area contributed by atoms with E-state index in [1.807, 2.05) is 12.3 Å². The minimum atomic E-state index is 0.297. The molecule has 7 aromatic rings. The minimum absolute atomic E-state index is 0.297. The summed E-state index contributed by atoms with van der Waals surface area (Å²) >= 11 is 0. The van der Waals surface area contributed by atoms with Gasteiger partial charge in [-0.2, -0.15) is 0 Å². The second-order valence-corrected chi connectivity index (χ2v) is 11.4. The van der Waals surface area contributed by atoms with Gasteiger partial charge >= 0.3 is 0 Å². The molecule has 5 aromatic carbocycles. The van der Waals surface area contributed by atoms with Crippen molar-refractivity contribution in [3.63, 3.8) is 0 Å². The van der Waals surface area contributed by atoms with Crippen molar-refractivity contribution < 1.29 is 0 Å². The molecule has 0 atom stereocenters. The summed E-state index contributed by atoms with van der Waals surface area (Å²) in [6, 6.07) is 40.6. The Morgan fingerprint density at radius 3 is 1.64 bits per heavy atom. The highest BCUT2D eigenvalue weighted by atomic mass is 15.0. The Morgan fingerprint density at radius 1 is 0.452 bits per heavy atom. The summed E-state index contributed by atoms with van der Waals surface area (Å²) in [4.78, 5) is 20.1. The van der Waals surface area contributed by atoms with Crippen molar-refractivity contribution in [3.05, 3.63) is 133 Å². The molecule has 0 radical (unpaired) electrons. The summed E-state index contributed by atoms with van der Waals surface area (Å²) in [5, 5.41) is 6.02. The van der Waals surface area contributed by atoms with Crippen LogP contribution in [0.5, 0.6) is 0 Å². The van der Waals surface area contributed by atoms with Gasteiger partial charge in [-0.3, -0.25) is 4.98 Å². The zero-order valence-corrected chi connectivity index (χ0v) is 23.3. The smallest absolute Gasteiger partial charge is 0.163 e. The third-order valence-electron chi connectivity index (χ3n) is 8.86. The summed E-state index contributed by atoms with van der Waals surface area (Å²) in [5.41, 5.74) is 4.56. The van der Waals surface area contributed by atoms with Crippen molar-refractivity contribution in [1.82, 2.24) is 19.9 Å². The van der Waals surface area contributed by atoms with Gasteiger partial charge in [-0.05, 0) is 76.9 Å². The third kappa shape index (κ3) is 4.59. The Labute approximate surface area is 245 Å². The normalized spacial score (nSPS) is 17.1. The van der Waals surface area contributed by atoms with Crippen molar-refractivity contribution in [1.29, 1.82) is 0 Å². The van der Waals surface area contributed by atoms with E-state index in [9.17, 15) is 0 Å². The zero-order chi connectivity index (χ0) is 27.9. The van der Waals surface area contributed by atoms with Crippen LogP contribution in [0.25, 0.3) is 55.2 Å². The molecule has 8 rings (SSSR count). The van der Waals surface area contributed by atoms with Gasteiger partial charge in [0.15, 0.2) is 11.6 Å². The first kappa shape index (κ1) is 24.8. The third-order valence-corrected chi connectivity index (χ3v) is 8.86. The number of benzene rings is 5. The first-order valence-electron chi connectivity index (χ1n) is 14.9. The Balaban J connectivity index is 1.17. The number of fused-ring (bicyclic) bond motifs is 3. The van der Waals surface area contributed by atoms with Crippen LogP contribution >= 0.6 is 0 Å². The Bertz CT molecular complexity index is 1970. The molecular formula is C38H30N4. The summed E-state index contributed by atoms with van der Waals surface area (Å²) < 4.78 is 0. The van der Waals surface area contributed by atoms with Crippen molar-refractivity contribution in [2.75, 3.05) is 0 Å². The van der Waals surface area contributed by atoms with Crippen LogP contribution in [-0.4, -0.2) is 19.9 Å². The van der Waals surface area contributed by atoms with E-state index >= 15 is 0 Å². The van der Waals surface area contributed by atoms with Crippen LogP contribution in [0.1, 0.15) is 48.9 Å². The summed E-state index contributed by atoms with van der Waals surface area (Å²) in [6.07, 6.45) is 6.20. The molecule has 0 amide bonds. The average Bonchev–Trinajstić information content (AvgIpc) is 3.07. The zero-order valence-electron chi connectivity index (χ0n) is 23.3. The molecule has 0 aliphatic heterocycles. The van der Waals surface area contributed by atoms with E-state index in [1.165, 1.54) is 32.5 Å². The van der Waals surface area contributed by atoms with Crippen LogP contribution in [0, 0.1) is 0 Å². The van der Waals surface area contributed by atoms with Crippen LogP contribution in [0.2, 0.25) is 0 Å². The van der Waals surface area contributed by atoms with E-state index in [1.54, 1.807) is 0 Å². The lowest BCUT2D eigenvalue weighted by molar-refractivity contribution is 0.386. The fourth-order valence-electron chi connectivity index (χ4n) is 6.61. The Hall–Kier alpha value is -4.96. The van der Waals surface area contributed by atoms with Gasteiger partial charge in [-0.25, -0.2) is 15.0 Å². The number of hydrogen-bond donors (Lipinski definition) is 0. The number of nitrogens with zero attached hydrogens (tertiary/aromatic N) is 4. The molecule has 1 fully saturated rings. The summed E-state index contributed by atoms with van der Waals surface area (Å²) in [7, 11) is 0. The fourth-order valence-corrected chi connectivity index (χ4v) is 6.61. The maximum atomic E-state index is 5.14. The van der Waals surface area contributed by atoms with Gasteiger partial charge in [0, 0.05) is 28.6 Å². The van der Waals surface area contributed by atoms with Gasteiger partial charge in [-0.15, -0.1) is 0 Å². The molecule has 0 unspecified atom stereocenters. The summed E-state index contributed by atoms with van der Waals surface area (Å²) in [6.45, 7) is 0. The van der Waals surface area contributed by atoms with Crippen molar-refractivity contribution >= 4 is 32.4 Å². The lowest BCUT2D eigenvalue weighted by Crippen LogP contribution is -2.16. The largest absolute Gasteiger partial charge is 0.256 e. The second kappa shape index (κ2) is 10.5. The van der Waals surface area contributed by atoms with E-state index < -0.39 is 0 Å².